The SMILES string of the molecule is C/C=C1/C=C(NC(=O)C2=CC(N(CC)CCO)CC=C2NS(C)=O)C=CC1=NC(C)C. The highest BCUT2D eigenvalue weighted by Crippen LogP contribution is 2.22. The monoisotopic (exact) mass is 446 g/mol. The summed E-state index contributed by atoms with van der Waals surface area (Å²) < 4.78 is 14.6. The molecule has 0 saturated heterocycles. The van der Waals surface area contributed by atoms with E-state index in [4.69, 9.17) is 0 Å². The van der Waals surface area contributed by atoms with E-state index in [0.29, 0.717) is 29.9 Å². The van der Waals surface area contributed by atoms with Crippen molar-refractivity contribution < 1.29 is 14.1 Å². The lowest BCUT2D eigenvalue weighted by Gasteiger charge is -2.31. The van der Waals surface area contributed by atoms with Gasteiger partial charge in [0, 0.05) is 30.6 Å². The van der Waals surface area contributed by atoms with E-state index >= 15 is 0 Å². The number of carbonyl (C=O) groups is 1. The summed E-state index contributed by atoms with van der Waals surface area (Å²) in [6, 6.07) is 0.165. The van der Waals surface area contributed by atoms with E-state index in [0.717, 1.165) is 17.8 Å². The molecule has 0 aromatic carbocycles. The lowest BCUT2D eigenvalue weighted by molar-refractivity contribution is -0.116. The van der Waals surface area contributed by atoms with Gasteiger partial charge in [-0.1, -0.05) is 25.2 Å². The topological polar surface area (TPSA) is 94.0 Å². The van der Waals surface area contributed by atoms with Gasteiger partial charge in [0.05, 0.1) is 23.6 Å². The molecule has 2 unspecified atom stereocenters. The summed E-state index contributed by atoms with van der Waals surface area (Å²) in [5.74, 6) is -0.274. The van der Waals surface area contributed by atoms with Gasteiger partial charge in [-0.3, -0.25) is 14.7 Å². The Hall–Kier alpha value is -2.29. The van der Waals surface area contributed by atoms with Crippen LogP contribution in [0.15, 0.2) is 64.0 Å². The Balaban J connectivity index is 2.27. The van der Waals surface area contributed by atoms with Crippen molar-refractivity contribution in [3.05, 3.63) is 59.0 Å². The van der Waals surface area contributed by atoms with Gasteiger partial charge in [-0.05, 0) is 57.5 Å². The van der Waals surface area contributed by atoms with Crippen molar-refractivity contribution in [3.8, 4) is 0 Å². The minimum absolute atomic E-state index is 0.0134. The number of hydrogen-bond donors (Lipinski definition) is 3. The maximum atomic E-state index is 13.2. The van der Waals surface area contributed by atoms with Gasteiger partial charge in [0.15, 0.2) is 0 Å². The molecule has 7 nitrogen and oxygen atoms in total. The van der Waals surface area contributed by atoms with Gasteiger partial charge >= 0.3 is 0 Å². The van der Waals surface area contributed by atoms with Crippen LogP contribution in [0.5, 0.6) is 0 Å². The van der Waals surface area contributed by atoms with Crippen molar-refractivity contribution in [2.24, 2.45) is 4.99 Å². The fraction of sp³-hybridized carbons (Fsp3) is 0.478. The molecule has 0 spiro atoms. The lowest BCUT2D eigenvalue weighted by Crippen LogP contribution is -2.39. The molecule has 8 heteroatoms. The molecule has 2 aliphatic rings. The minimum atomic E-state index is -1.30. The van der Waals surface area contributed by atoms with Crippen LogP contribution in [0.2, 0.25) is 0 Å². The summed E-state index contributed by atoms with van der Waals surface area (Å²) >= 11 is 0. The standard InChI is InChI=1S/C23H34N4O3S/c1-6-17-14-18(8-10-21(17)24-16(3)4)25-23(29)20-15-19(27(7-2)12-13-28)9-11-22(20)26-31(5)30/h6,8,10-11,14-16,19,26,28H,7,9,12-13H2,1-5H3,(H,25,29)/b17-6-,24-21?. The maximum absolute atomic E-state index is 13.2. The molecule has 0 aromatic rings. The van der Waals surface area contributed by atoms with Crippen LogP contribution in [0, 0.1) is 0 Å². The van der Waals surface area contributed by atoms with E-state index in [1.165, 1.54) is 6.26 Å². The van der Waals surface area contributed by atoms with Crippen LogP contribution in [0.3, 0.4) is 0 Å². The van der Waals surface area contributed by atoms with Crippen molar-refractivity contribution in [1.82, 2.24) is 14.9 Å². The Morgan fingerprint density at radius 2 is 2.16 bits per heavy atom. The van der Waals surface area contributed by atoms with E-state index < -0.39 is 11.0 Å². The van der Waals surface area contributed by atoms with E-state index in [1.54, 1.807) is 0 Å². The molecule has 1 amide bonds. The van der Waals surface area contributed by atoms with Crippen molar-refractivity contribution in [3.63, 3.8) is 0 Å². The highest BCUT2D eigenvalue weighted by Gasteiger charge is 2.25. The van der Waals surface area contributed by atoms with Crippen molar-refractivity contribution >= 4 is 22.6 Å². The van der Waals surface area contributed by atoms with Crippen LogP contribution in [0.4, 0.5) is 0 Å². The molecule has 0 fully saturated rings. The number of nitrogens with one attached hydrogen (secondary N) is 2. The number of aliphatic hydroxyl groups excluding tert-OH is 1. The smallest absolute Gasteiger partial charge is 0.257 e. The molecule has 0 aromatic heterocycles. The molecule has 0 heterocycles. The maximum Gasteiger partial charge on any atom is 0.257 e. The van der Waals surface area contributed by atoms with Crippen LogP contribution < -0.4 is 10.0 Å². The zero-order valence-electron chi connectivity index (χ0n) is 19.0. The van der Waals surface area contributed by atoms with Crippen LogP contribution >= 0.6 is 0 Å². The summed E-state index contributed by atoms with van der Waals surface area (Å²) in [6.07, 6.45) is 13.6. The van der Waals surface area contributed by atoms with E-state index in [9.17, 15) is 14.1 Å². The number of likely N-dealkylation sites (N-methyl/N-ethyl adjacent to an activating group) is 1. The van der Waals surface area contributed by atoms with Crippen LogP contribution in [0.25, 0.3) is 0 Å². The molecular formula is C23H34N4O3S. The molecular weight excluding hydrogens is 412 g/mol. The van der Waals surface area contributed by atoms with Crippen molar-refractivity contribution in [1.29, 1.82) is 0 Å². The normalized spacial score (nSPS) is 22.5. The van der Waals surface area contributed by atoms with Crippen molar-refractivity contribution in [2.45, 2.75) is 46.2 Å². The molecule has 0 saturated carbocycles. The largest absolute Gasteiger partial charge is 0.395 e. The summed E-state index contributed by atoms with van der Waals surface area (Å²) in [4.78, 5) is 19.9. The third kappa shape index (κ3) is 7.12. The highest BCUT2D eigenvalue weighted by atomic mass is 32.2. The van der Waals surface area contributed by atoms with E-state index in [1.807, 2.05) is 64.2 Å². The summed E-state index contributed by atoms with van der Waals surface area (Å²) in [5, 5.41) is 12.3. The first-order valence-electron chi connectivity index (χ1n) is 10.6. The number of amides is 1. The molecule has 170 valence electrons. The third-order valence-electron chi connectivity index (χ3n) is 4.97. The summed E-state index contributed by atoms with van der Waals surface area (Å²) in [5.41, 5.74) is 3.51. The Kier molecular flexibility index (Phi) is 9.61. The van der Waals surface area contributed by atoms with E-state index in [2.05, 4.69) is 19.9 Å². The Labute approximate surface area is 188 Å². The average Bonchev–Trinajstić information content (AvgIpc) is 2.72. The predicted octanol–water partition coefficient (Wildman–Crippen LogP) is 2.13. The zero-order valence-corrected chi connectivity index (χ0v) is 19.8. The second-order valence-corrected chi connectivity index (χ2v) is 8.76. The highest BCUT2D eigenvalue weighted by molar-refractivity contribution is 7.82. The number of rotatable bonds is 9. The number of allylic oxidation sites excluding steroid dienone is 5. The number of aliphatic imine (C=N–C) groups is 1. The first-order valence-corrected chi connectivity index (χ1v) is 12.2. The van der Waals surface area contributed by atoms with Gasteiger partial charge in [-0.25, -0.2) is 4.21 Å². The fourth-order valence-electron chi connectivity index (χ4n) is 3.55. The molecule has 0 bridgehead atoms. The van der Waals surface area contributed by atoms with E-state index in [-0.39, 0.29) is 24.6 Å². The number of nitrogens with zero attached hydrogens (tertiary/aromatic N) is 2. The van der Waals surface area contributed by atoms with Crippen LogP contribution in [-0.4, -0.2) is 63.9 Å². The number of carbonyl (C=O) groups excluding carboxylic acids is 1. The van der Waals surface area contributed by atoms with Crippen LogP contribution in [0.1, 0.15) is 34.1 Å². The lowest BCUT2D eigenvalue weighted by atomic mass is 9.97. The molecule has 0 aliphatic heterocycles. The molecule has 3 N–H and O–H groups in total. The molecule has 31 heavy (non-hydrogen) atoms. The summed E-state index contributed by atoms with van der Waals surface area (Å²) in [6.45, 7) is 9.34. The van der Waals surface area contributed by atoms with Gasteiger partial charge in [-0.15, -0.1) is 0 Å². The zero-order chi connectivity index (χ0) is 23.0. The first-order chi connectivity index (χ1) is 14.8. The second-order valence-electron chi connectivity index (χ2n) is 7.65. The molecule has 2 rings (SSSR count). The Bertz CT molecular complexity index is 881. The molecule has 2 aliphatic carbocycles. The van der Waals surface area contributed by atoms with Gasteiger partial charge < -0.3 is 15.1 Å². The summed E-state index contributed by atoms with van der Waals surface area (Å²) in [7, 11) is -1.30. The molecule has 2 atom stereocenters. The Morgan fingerprint density at radius 1 is 1.42 bits per heavy atom. The average molecular weight is 447 g/mol. The minimum Gasteiger partial charge on any atom is -0.395 e. The number of hydrogen-bond acceptors (Lipinski definition) is 5. The fourth-order valence-corrected chi connectivity index (χ4v) is 4.05. The second kappa shape index (κ2) is 11.9. The van der Waals surface area contributed by atoms with Crippen molar-refractivity contribution in [2.75, 3.05) is 26.0 Å². The number of aliphatic hydroxyl groups is 1. The first kappa shape index (κ1) is 25.0. The predicted molar refractivity (Wildman–Crippen MR) is 128 cm³/mol. The molecule has 0 radical (unpaired) electrons. The van der Waals surface area contributed by atoms with Crippen LogP contribution in [-0.2, 0) is 15.8 Å². The van der Waals surface area contributed by atoms with Gasteiger partial charge in [-0.2, -0.15) is 0 Å². The third-order valence-corrected chi connectivity index (χ3v) is 5.47. The van der Waals surface area contributed by atoms with Gasteiger partial charge in [0.2, 0.25) is 0 Å². The van der Waals surface area contributed by atoms with Gasteiger partial charge in [0.25, 0.3) is 5.91 Å². The van der Waals surface area contributed by atoms with Gasteiger partial charge in [0.1, 0.15) is 11.0 Å². The Morgan fingerprint density at radius 3 is 2.74 bits per heavy atom. The quantitative estimate of drug-likeness (QED) is 0.506.